The van der Waals surface area contributed by atoms with Gasteiger partial charge in [-0.25, -0.2) is 0 Å². The Morgan fingerprint density at radius 1 is 1.00 bits per heavy atom. The average Bonchev–Trinajstić information content (AvgIpc) is 2.96. The topological polar surface area (TPSA) is 29.0 Å². The highest BCUT2D eigenvalue weighted by atomic mass is 15.2. The van der Waals surface area contributed by atoms with Gasteiger partial charge in [-0.3, -0.25) is 4.90 Å². The summed E-state index contributed by atoms with van der Waals surface area (Å²) in [6, 6.07) is 14.1. The summed E-state index contributed by atoms with van der Waals surface area (Å²) in [5.41, 5.74) is 4.12. The molecule has 2 aliphatic heterocycles. The number of aromatic nitrogens is 2. The van der Waals surface area contributed by atoms with Gasteiger partial charge in [0.25, 0.3) is 0 Å². The molecule has 2 aliphatic rings. The first-order valence-corrected chi connectivity index (χ1v) is 6.54. The van der Waals surface area contributed by atoms with E-state index in [1.54, 1.807) is 6.20 Å². The highest BCUT2D eigenvalue weighted by Gasteiger charge is 2.43. The van der Waals surface area contributed by atoms with Gasteiger partial charge in [-0.05, 0) is 36.1 Å². The van der Waals surface area contributed by atoms with Crippen LogP contribution in [0.5, 0.6) is 0 Å². The van der Waals surface area contributed by atoms with E-state index < -0.39 is 0 Å². The SMILES string of the molecule is c1cnnc(CN2C3CCC2c2ccccc23)c1. The largest absolute Gasteiger partial charge is 0.283 e. The van der Waals surface area contributed by atoms with Crippen LogP contribution in [0.15, 0.2) is 42.6 Å². The van der Waals surface area contributed by atoms with E-state index in [-0.39, 0.29) is 0 Å². The molecule has 0 N–H and O–H groups in total. The van der Waals surface area contributed by atoms with Gasteiger partial charge in [0, 0.05) is 24.8 Å². The van der Waals surface area contributed by atoms with Gasteiger partial charge in [-0.15, -0.1) is 0 Å². The van der Waals surface area contributed by atoms with Gasteiger partial charge < -0.3 is 0 Å². The van der Waals surface area contributed by atoms with E-state index in [4.69, 9.17) is 0 Å². The molecule has 0 radical (unpaired) electrons. The molecule has 3 nitrogen and oxygen atoms in total. The number of hydrogen-bond donors (Lipinski definition) is 0. The molecule has 2 aromatic rings. The minimum atomic E-state index is 0.591. The predicted molar refractivity (Wildman–Crippen MR) is 68.7 cm³/mol. The number of benzene rings is 1. The van der Waals surface area contributed by atoms with Crippen LogP contribution < -0.4 is 0 Å². The Morgan fingerprint density at radius 2 is 1.72 bits per heavy atom. The zero-order chi connectivity index (χ0) is 11.9. The van der Waals surface area contributed by atoms with Crippen LogP contribution in [0.2, 0.25) is 0 Å². The number of rotatable bonds is 2. The van der Waals surface area contributed by atoms with Gasteiger partial charge in [0.05, 0.1) is 5.69 Å². The Labute approximate surface area is 106 Å². The molecule has 1 saturated heterocycles. The lowest BCUT2D eigenvalue weighted by Gasteiger charge is -2.21. The third-order valence-corrected chi connectivity index (χ3v) is 4.20. The molecule has 0 amide bonds. The number of nitrogens with zero attached hydrogens (tertiary/aromatic N) is 3. The third kappa shape index (κ3) is 1.40. The molecule has 1 fully saturated rings. The summed E-state index contributed by atoms with van der Waals surface area (Å²) in [6.45, 7) is 0.915. The molecule has 3 heterocycles. The molecule has 4 rings (SSSR count). The van der Waals surface area contributed by atoms with E-state index in [9.17, 15) is 0 Å². The molecule has 2 bridgehead atoms. The Hall–Kier alpha value is -1.74. The van der Waals surface area contributed by atoms with E-state index in [2.05, 4.69) is 45.4 Å². The van der Waals surface area contributed by atoms with Crippen molar-refractivity contribution >= 4 is 0 Å². The van der Waals surface area contributed by atoms with Crippen LogP contribution in [0.1, 0.15) is 41.7 Å². The maximum absolute atomic E-state index is 4.21. The van der Waals surface area contributed by atoms with Crippen molar-refractivity contribution in [1.29, 1.82) is 0 Å². The maximum Gasteiger partial charge on any atom is 0.0771 e. The summed E-state index contributed by atoms with van der Waals surface area (Å²) in [5.74, 6) is 0. The van der Waals surface area contributed by atoms with Crippen molar-refractivity contribution in [2.75, 3.05) is 0 Å². The fraction of sp³-hybridized carbons (Fsp3) is 0.333. The van der Waals surface area contributed by atoms with Crippen molar-refractivity contribution in [1.82, 2.24) is 15.1 Å². The average molecular weight is 237 g/mol. The van der Waals surface area contributed by atoms with Gasteiger partial charge >= 0.3 is 0 Å². The summed E-state index contributed by atoms with van der Waals surface area (Å²) in [4.78, 5) is 2.58. The Bertz CT molecular complexity index is 536. The van der Waals surface area contributed by atoms with E-state index in [1.807, 2.05) is 6.07 Å². The zero-order valence-corrected chi connectivity index (χ0v) is 10.2. The highest BCUT2D eigenvalue weighted by Crippen LogP contribution is 2.53. The summed E-state index contributed by atoms with van der Waals surface area (Å²) < 4.78 is 0. The molecular weight excluding hydrogens is 222 g/mol. The lowest BCUT2D eigenvalue weighted by Crippen LogP contribution is -2.19. The van der Waals surface area contributed by atoms with Crippen LogP contribution in [0, 0.1) is 0 Å². The van der Waals surface area contributed by atoms with Crippen molar-refractivity contribution in [2.45, 2.75) is 31.5 Å². The second-order valence-corrected chi connectivity index (χ2v) is 5.13. The molecule has 90 valence electrons. The van der Waals surface area contributed by atoms with Crippen molar-refractivity contribution in [3.63, 3.8) is 0 Å². The lowest BCUT2D eigenvalue weighted by molar-refractivity contribution is 0.210. The van der Waals surface area contributed by atoms with Gasteiger partial charge in [-0.2, -0.15) is 10.2 Å². The molecule has 3 heteroatoms. The lowest BCUT2D eigenvalue weighted by atomic mass is 9.92. The van der Waals surface area contributed by atoms with Crippen LogP contribution in [0.25, 0.3) is 0 Å². The van der Waals surface area contributed by atoms with Gasteiger partial charge in [0.1, 0.15) is 0 Å². The Morgan fingerprint density at radius 3 is 2.33 bits per heavy atom. The van der Waals surface area contributed by atoms with Gasteiger partial charge in [-0.1, -0.05) is 24.3 Å². The molecule has 2 atom stereocenters. The molecule has 2 unspecified atom stereocenters. The normalized spacial score (nSPS) is 25.3. The van der Waals surface area contributed by atoms with Crippen molar-refractivity contribution in [2.24, 2.45) is 0 Å². The van der Waals surface area contributed by atoms with E-state index in [0.29, 0.717) is 12.1 Å². The smallest absolute Gasteiger partial charge is 0.0771 e. The molecule has 0 spiro atoms. The number of fused-ring (bicyclic) bond motifs is 5. The summed E-state index contributed by atoms with van der Waals surface area (Å²) in [6.07, 6.45) is 4.29. The summed E-state index contributed by atoms with van der Waals surface area (Å²) >= 11 is 0. The molecule has 18 heavy (non-hydrogen) atoms. The van der Waals surface area contributed by atoms with E-state index in [1.165, 1.54) is 24.0 Å². The second kappa shape index (κ2) is 3.89. The van der Waals surface area contributed by atoms with Crippen molar-refractivity contribution < 1.29 is 0 Å². The maximum atomic E-state index is 4.21. The summed E-state index contributed by atoms with van der Waals surface area (Å²) in [5, 5.41) is 8.18. The minimum Gasteiger partial charge on any atom is -0.283 e. The van der Waals surface area contributed by atoms with E-state index >= 15 is 0 Å². The monoisotopic (exact) mass is 237 g/mol. The molecule has 1 aromatic heterocycles. The first kappa shape index (κ1) is 10.2. The fourth-order valence-corrected chi connectivity index (χ4v) is 3.48. The molecule has 1 aromatic carbocycles. The quantitative estimate of drug-likeness (QED) is 0.804. The molecule has 0 aliphatic carbocycles. The van der Waals surface area contributed by atoms with Crippen molar-refractivity contribution in [3.8, 4) is 0 Å². The predicted octanol–water partition coefficient (Wildman–Crippen LogP) is 2.87. The van der Waals surface area contributed by atoms with E-state index in [0.717, 1.165) is 12.2 Å². The highest BCUT2D eigenvalue weighted by molar-refractivity contribution is 5.40. The van der Waals surface area contributed by atoms with Gasteiger partial charge in [0.2, 0.25) is 0 Å². The Balaban J connectivity index is 1.66. The van der Waals surface area contributed by atoms with Crippen LogP contribution in [0.3, 0.4) is 0 Å². The van der Waals surface area contributed by atoms with Crippen LogP contribution in [0.4, 0.5) is 0 Å². The van der Waals surface area contributed by atoms with Crippen LogP contribution in [-0.4, -0.2) is 15.1 Å². The third-order valence-electron chi connectivity index (χ3n) is 4.20. The molecule has 0 saturated carbocycles. The molecular formula is C15H15N3. The van der Waals surface area contributed by atoms with Crippen LogP contribution in [-0.2, 0) is 6.54 Å². The van der Waals surface area contributed by atoms with Gasteiger partial charge in [0.15, 0.2) is 0 Å². The summed E-state index contributed by atoms with van der Waals surface area (Å²) in [7, 11) is 0. The van der Waals surface area contributed by atoms with Crippen LogP contribution >= 0.6 is 0 Å². The Kier molecular flexibility index (Phi) is 2.20. The number of hydrogen-bond acceptors (Lipinski definition) is 3. The first-order valence-electron chi connectivity index (χ1n) is 6.54. The second-order valence-electron chi connectivity index (χ2n) is 5.13. The minimum absolute atomic E-state index is 0.591. The van der Waals surface area contributed by atoms with Crippen molar-refractivity contribution in [3.05, 3.63) is 59.4 Å². The first-order chi connectivity index (χ1) is 8.93. The fourth-order valence-electron chi connectivity index (χ4n) is 3.48. The zero-order valence-electron chi connectivity index (χ0n) is 10.2. The standard InChI is InChI=1S/C15H15N3/c1-2-6-13-12(5-1)14-7-8-15(13)18(14)10-11-4-3-9-16-17-11/h1-6,9,14-15H,7-8,10H2.